The molecular weight excluding hydrogens is 540 g/mol. The molecule has 0 bridgehead atoms. The molecule has 0 aromatic carbocycles. The van der Waals surface area contributed by atoms with E-state index < -0.39 is 43.4 Å². The molecule has 0 aromatic heterocycles. The molecule has 6 unspecified atom stereocenters. The minimum Gasteiger partial charge on any atom is -0.457 e. The summed E-state index contributed by atoms with van der Waals surface area (Å²) in [5, 5.41) is 39.7. The molecule has 0 aromatic rings. The highest BCUT2D eigenvalue weighted by molar-refractivity contribution is 5.69. The van der Waals surface area contributed by atoms with E-state index in [4.69, 9.17) is 18.9 Å². The Kier molecular flexibility index (Phi) is 24.8. The summed E-state index contributed by atoms with van der Waals surface area (Å²) in [6.45, 7) is 4.50. The molecule has 0 saturated carbocycles. The predicted molar refractivity (Wildman–Crippen MR) is 164 cm³/mol. The Hall–Kier alpha value is -0.810. The van der Waals surface area contributed by atoms with Crippen molar-refractivity contribution in [3.63, 3.8) is 0 Å². The van der Waals surface area contributed by atoms with E-state index in [0.29, 0.717) is 13.0 Å². The van der Waals surface area contributed by atoms with Crippen molar-refractivity contribution in [2.75, 3.05) is 26.4 Å². The molecule has 1 fully saturated rings. The van der Waals surface area contributed by atoms with Crippen LogP contribution in [-0.4, -0.2) is 89.6 Å². The first-order chi connectivity index (χ1) is 20.4. The zero-order valence-corrected chi connectivity index (χ0v) is 26.8. The molecule has 1 aliphatic heterocycles. The fraction of sp³-hybridized carbons (Fsp3) is 0.970. The second-order valence-corrected chi connectivity index (χ2v) is 12.0. The van der Waals surface area contributed by atoms with Crippen LogP contribution in [0, 0.1) is 0 Å². The first-order valence-electron chi connectivity index (χ1n) is 17.1. The standard InChI is InChI=1S/C33H64O9/c1-3-5-7-9-11-12-13-14-15-16-17-18-20-22-29(35)41-27(25-39-23-21-19-10-8-6-4-2)26-40-33-32(38)31(37)30(36)28(24-34)42-33/h27-28,30-34,36-38H,3-26H2,1-2H3. The molecule has 1 rings (SSSR count). The van der Waals surface area contributed by atoms with Crippen LogP contribution in [0.25, 0.3) is 0 Å². The summed E-state index contributed by atoms with van der Waals surface area (Å²) >= 11 is 0. The van der Waals surface area contributed by atoms with E-state index in [-0.39, 0.29) is 19.2 Å². The quantitative estimate of drug-likeness (QED) is 0.0667. The zero-order chi connectivity index (χ0) is 30.8. The fourth-order valence-electron chi connectivity index (χ4n) is 5.25. The van der Waals surface area contributed by atoms with E-state index in [0.717, 1.165) is 32.1 Å². The van der Waals surface area contributed by atoms with Crippen LogP contribution in [0.3, 0.4) is 0 Å². The lowest BCUT2D eigenvalue weighted by Crippen LogP contribution is -2.59. The first-order valence-corrected chi connectivity index (χ1v) is 17.1. The van der Waals surface area contributed by atoms with Crippen LogP contribution in [0.5, 0.6) is 0 Å². The summed E-state index contributed by atoms with van der Waals surface area (Å²) in [6.07, 6.45) is 15.7. The molecule has 0 aliphatic carbocycles. The van der Waals surface area contributed by atoms with Gasteiger partial charge in [0.25, 0.3) is 0 Å². The van der Waals surface area contributed by atoms with Gasteiger partial charge in [0.1, 0.15) is 30.5 Å². The Labute approximate surface area is 255 Å². The summed E-state index contributed by atoms with van der Waals surface area (Å²) in [5.74, 6) is -0.316. The third-order valence-corrected chi connectivity index (χ3v) is 8.02. The summed E-state index contributed by atoms with van der Waals surface area (Å²) in [6, 6.07) is 0. The minimum atomic E-state index is -1.53. The molecule has 0 amide bonds. The maximum absolute atomic E-state index is 12.6. The van der Waals surface area contributed by atoms with Gasteiger partial charge < -0.3 is 39.4 Å². The molecule has 0 radical (unpaired) electrons. The molecule has 42 heavy (non-hydrogen) atoms. The maximum Gasteiger partial charge on any atom is 0.306 e. The highest BCUT2D eigenvalue weighted by atomic mass is 16.7. The fourth-order valence-corrected chi connectivity index (χ4v) is 5.25. The van der Waals surface area contributed by atoms with Crippen LogP contribution < -0.4 is 0 Å². The van der Waals surface area contributed by atoms with Gasteiger partial charge in [0.2, 0.25) is 0 Å². The molecule has 4 N–H and O–H groups in total. The van der Waals surface area contributed by atoms with Gasteiger partial charge in [-0.2, -0.15) is 0 Å². The number of esters is 1. The van der Waals surface area contributed by atoms with Crippen LogP contribution in [0.4, 0.5) is 0 Å². The van der Waals surface area contributed by atoms with Gasteiger partial charge in [0.05, 0.1) is 19.8 Å². The van der Waals surface area contributed by atoms with E-state index in [2.05, 4.69) is 13.8 Å². The summed E-state index contributed by atoms with van der Waals surface area (Å²) in [7, 11) is 0. The summed E-state index contributed by atoms with van der Waals surface area (Å²) in [5.41, 5.74) is 0. The van der Waals surface area contributed by atoms with Gasteiger partial charge in [-0.25, -0.2) is 0 Å². The number of hydrogen-bond donors (Lipinski definition) is 4. The molecular formula is C33H64O9. The molecule has 6 atom stereocenters. The number of hydrogen-bond acceptors (Lipinski definition) is 9. The van der Waals surface area contributed by atoms with E-state index >= 15 is 0 Å². The van der Waals surface area contributed by atoms with Crippen molar-refractivity contribution in [2.24, 2.45) is 0 Å². The Morgan fingerprint density at radius 2 is 1.17 bits per heavy atom. The van der Waals surface area contributed by atoms with Crippen LogP contribution in [0.15, 0.2) is 0 Å². The number of carbonyl (C=O) groups excluding carboxylic acids is 1. The maximum atomic E-state index is 12.6. The number of rotatable bonds is 28. The van der Waals surface area contributed by atoms with E-state index in [9.17, 15) is 25.2 Å². The van der Waals surface area contributed by atoms with E-state index in [1.165, 1.54) is 89.9 Å². The lowest BCUT2D eigenvalue weighted by molar-refractivity contribution is -0.305. The Bertz CT molecular complexity index is 618. The third kappa shape index (κ3) is 18.8. The van der Waals surface area contributed by atoms with E-state index in [1.54, 1.807) is 0 Å². The number of unbranched alkanes of at least 4 members (excludes halogenated alkanes) is 17. The Morgan fingerprint density at radius 1 is 0.667 bits per heavy atom. The summed E-state index contributed by atoms with van der Waals surface area (Å²) in [4.78, 5) is 12.6. The van der Waals surface area contributed by atoms with Gasteiger partial charge in [0.15, 0.2) is 6.29 Å². The van der Waals surface area contributed by atoms with Crippen molar-refractivity contribution in [3.8, 4) is 0 Å². The van der Waals surface area contributed by atoms with Crippen molar-refractivity contribution in [1.29, 1.82) is 0 Å². The number of carbonyl (C=O) groups is 1. The van der Waals surface area contributed by atoms with Gasteiger partial charge in [-0.15, -0.1) is 0 Å². The SMILES string of the molecule is CCCCCCCCCCCCCCCC(=O)OC(COCCCCCCCC)COC1OC(CO)C(O)C(O)C1O. The zero-order valence-electron chi connectivity index (χ0n) is 26.8. The number of aliphatic hydroxyl groups is 4. The second-order valence-electron chi connectivity index (χ2n) is 12.0. The lowest BCUT2D eigenvalue weighted by Gasteiger charge is -2.39. The Balaban J connectivity index is 2.33. The highest BCUT2D eigenvalue weighted by Crippen LogP contribution is 2.22. The summed E-state index contributed by atoms with van der Waals surface area (Å²) < 4.78 is 22.5. The monoisotopic (exact) mass is 604 g/mol. The highest BCUT2D eigenvalue weighted by Gasteiger charge is 2.44. The number of aliphatic hydroxyl groups excluding tert-OH is 4. The topological polar surface area (TPSA) is 135 Å². The van der Waals surface area contributed by atoms with Crippen LogP contribution in [0.1, 0.15) is 142 Å². The lowest BCUT2D eigenvalue weighted by atomic mass is 9.99. The molecule has 9 nitrogen and oxygen atoms in total. The molecule has 250 valence electrons. The van der Waals surface area contributed by atoms with Crippen molar-refractivity contribution < 1.29 is 44.2 Å². The third-order valence-electron chi connectivity index (χ3n) is 8.02. The molecule has 1 aliphatic rings. The average Bonchev–Trinajstić information content (AvgIpc) is 2.99. The van der Waals surface area contributed by atoms with Gasteiger partial charge in [-0.1, -0.05) is 123 Å². The van der Waals surface area contributed by atoms with Gasteiger partial charge >= 0.3 is 5.97 Å². The predicted octanol–water partition coefficient (Wildman–Crippen LogP) is 5.57. The largest absolute Gasteiger partial charge is 0.457 e. The van der Waals surface area contributed by atoms with Crippen LogP contribution >= 0.6 is 0 Å². The van der Waals surface area contributed by atoms with Gasteiger partial charge in [0, 0.05) is 13.0 Å². The smallest absolute Gasteiger partial charge is 0.306 e. The Morgan fingerprint density at radius 3 is 1.69 bits per heavy atom. The van der Waals surface area contributed by atoms with E-state index in [1.807, 2.05) is 0 Å². The molecule has 1 saturated heterocycles. The van der Waals surface area contributed by atoms with Crippen LogP contribution in [-0.2, 0) is 23.7 Å². The normalized spacial score (nSPS) is 23.2. The number of ether oxygens (including phenoxy) is 4. The molecule has 9 heteroatoms. The van der Waals surface area contributed by atoms with Crippen molar-refractivity contribution >= 4 is 5.97 Å². The van der Waals surface area contributed by atoms with Crippen molar-refractivity contribution in [3.05, 3.63) is 0 Å². The van der Waals surface area contributed by atoms with Gasteiger partial charge in [-0.05, 0) is 12.8 Å². The van der Waals surface area contributed by atoms with Crippen molar-refractivity contribution in [2.45, 2.75) is 179 Å². The van der Waals surface area contributed by atoms with Gasteiger partial charge in [-0.3, -0.25) is 4.79 Å². The first kappa shape index (κ1) is 39.2. The van der Waals surface area contributed by atoms with Crippen molar-refractivity contribution in [1.82, 2.24) is 0 Å². The second kappa shape index (κ2) is 26.6. The molecule has 0 spiro atoms. The molecule has 1 heterocycles. The van der Waals surface area contributed by atoms with Crippen LogP contribution in [0.2, 0.25) is 0 Å². The average molecular weight is 605 g/mol. The minimum absolute atomic E-state index is 0.108.